The maximum atomic E-state index is 13.4. The van der Waals surface area contributed by atoms with Crippen LogP contribution in [0, 0.1) is 36.5 Å². The number of hydrogen-bond acceptors (Lipinski definition) is 14. The summed E-state index contributed by atoms with van der Waals surface area (Å²) in [5.74, 6) is -5.82. The zero-order valence-electron chi connectivity index (χ0n) is 32.6. The van der Waals surface area contributed by atoms with Gasteiger partial charge in [0.15, 0.2) is 11.4 Å². The van der Waals surface area contributed by atoms with Crippen molar-refractivity contribution in [2.45, 2.75) is 72.4 Å². The number of nitrogens with zero attached hydrogens (tertiary/aromatic N) is 8. The number of pyridine rings is 2. The molecule has 2 aromatic heterocycles. The highest BCUT2D eigenvalue weighted by molar-refractivity contribution is 5.99. The van der Waals surface area contributed by atoms with Gasteiger partial charge in [-0.3, -0.25) is 23.5 Å². The van der Waals surface area contributed by atoms with E-state index in [4.69, 9.17) is 0 Å². The van der Waals surface area contributed by atoms with Gasteiger partial charge < -0.3 is 30.8 Å². The third-order valence-corrected chi connectivity index (χ3v) is 9.35. The SMILES string of the molecule is CCCCn1c(O)c(C#N)c(C)c(N=Nc2cc(C(=O)NCCCCCCn3c(O)c(C#N)c(C)c(N=Nc4cc(C(=O)O)ccc4C(=O)O)c3=O)ccc2C(=O)O)c1=O. The largest absolute Gasteiger partial charge is 0.493 e. The van der Waals surface area contributed by atoms with Crippen LogP contribution in [0.4, 0.5) is 22.7 Å². The molecule has 0 fully saturated rings. The van der Waals surface area contributed by atoms with Gasteiger partial charge in [0, 0.05) is 36.3 Å². The molecule has 4 aromatic rings. The van der Waals surface area contributed by atoms with Gasteiger partial charge >= 0.3 is 17.9 Å². The summed E-state index contributed by atoms with van der Waals surface area (Å²) in [5, 5.41) is 87.4. The number of carboxylic acid groups (broad SMARTS) is 3. The Hall–Kier alpha value is -8.00. The van der Waals surface area contributed by atoms with Gasteiger partial charge in [0.1, 0.15) is 34.6 Å². The second-order valence-corrected chi connectivity index (χ2v) is 13.3. The molecule has 4 rings (SSSR count). The molecule has 0 aliphatic rings. The highest BCUT2D eigenvalue weighted by Crippen LogP contribution is 2.31. The molecule has 2 heterocycles. The molecule has 0 unspecified atom stereocenters. The van der Waals surface area contributed by atoms with E-state index < -0.39 is 46.7 Å². The summed E-state index contributed by atoms with van der Waals surface area (Å²) >= 11 is 0. The normalized spacial score (nSPS) is 11.1. The molecule has 310 valence electrons. The van der Waals surface area contributed by atoms with Crippen molar-refractivity contribution in [3.05, 3.63) is 102 Å². The fraction of sp³-hybridized carbons (Fsp3) is 0.300. The predicted molar refractivity (Wildman–Crippen MR) is 211 cm³/mol. The van der Waals surface area contributed by atoms with Gasteiger partial charge in [-0.25, -0.2) is 14.4 Å². The Morgan fingerprint density at radius 1 is 0.650 bits per heavy atom. The highest BCUT2D eigenvalue weighted by Gasteiger charge is 2.22. The standard InChI is InChI=1S/C40H39N9O11/c1-4-5-15-48-34(51)27(19-41)21(2)31(36(48)53)46-44-29-17-23(10-12-25(29)39(57)58)33(50)43-14-8-6-7-9-16-49-35(52)28(20-42)22(3)32(37(49)54)47-45-30-18-24(38(55)56)11-13-26(30)40(59)60/h10-13,17-18,51-52H,4-9,14-16H2,1-3H3,(H,43,50)(H,55,56)(H,57,58)(H,59,60). The molecule has 0 aliphatic heterocycles. The molecule has 0 atom stereocenters. The van der Waals surface area contributed by atoms with Crippen LogP contribution in [0.25, 0.3) is 0 Å². The van der Waals surface area contributed by atoms with Crippen LogP contribution in [0.3, 0.4) is 0 Å². The molecule has 0 saturated carbocycles. The molecule has 0 radical (unpaired) electrons. The Labute approximate surface area is 340 Å². The first-order valence-electron chi connectivity index (χ1n) is 18.4. The number of nitrogens with one attached hydrogen (secondary N) is 1. The lowest BCUT2D eigenvalue weighted by Crippen LogP contribution is -2.24. The number of carboxylic acids is 3. The molecule has 60 heavy (non-hydrogen) atoms. The Morgan fingerprint density at radius 3 is 1.55 bits per heavy atom. The molecule has 0 bridgehead atoms. The maximum absolute atomic E-state index is 13.4. The number of aromatic hydroxyl groups is 2. The average molecular weight is 822 g/mol. The Bertz CT molecular complexity index is 2650. The van der Waals surface area contributed by atoms with Crippen LogP contribution in [0.1, 0.15) is 109 Å². The van der Waals surface area contributed by atoms with E-state index in [1.807, 2.05) is 19.1 Å². The molecular weight excluding hydrogens is 782 g/mol. The lowest BCUT2D eigenvalue weighted by atomic mass is 10.1. The van der Waals surface area contributed by atoms with Crippen molar-refractivity contribution in [1.29, 1.82) is 10.5 Å². The van der Waals surface area contributed by atoms with Crippen LogP contribution < -0.4 is 16.4 Å². The van der Waals surface area contributed by atoms with Crippen molar-refractivity contribution < 1.29 is 44.7 Å². The van der Waals surface area contributed by atoms with Crippen molar-refractivity contribution in [2.75, 3.05) is 6.54 Å². The van der Waals surface area contributed by atoms with Crippen molar-refractivity contribution >= 4 is 46.6 Å². The van der Waals surface area contributed by atoms with E-state index in [0.29, 0.717) is 38.5 Å². The minimum atomic E-state index is -1.42. The minimum Gasteiger partial charge on any atom is -0.493 e. The first kappa shape index (κ1) is 44.7. The van der Waals surface area contributed by atoms with Crippen LogP contribution in [-0.2, 0) is 13.1 Å². The fourth-order valence-electron chi connectivity index (χ4n) is 5.97. The van der Waals surface area contributed by atoms with Gasteiger partial charge in [-0.2, -0.15) is 10.5 Å². The van der Waals surface area contributed by atoms with E-state index in [1.165, 1.54) is 26.0 Å². The Kier molecular flexibility index (Phi) is 14.8. The zero-order valence-corrected chi connectivity index (χ0v) is 32.6. The number of carbonyl (C=O) groups is 4. The molecule has 1 amide bonds. The number of nitriles is 2. The zero-order chi connectivity index (χ0) is 44.3. The summed E-state index contributed by atoms with van der Waals surface area (Å²) < 4.78 is 1.93. The lowest BCUT2D eigenvalue weighted by molar-refractivity contribution is 0.0682. The molecule has 20 heteroatoms. The first-order chi connectivity index (χ1) is 28.6. The summed E-state index contributed by atoms with van der Waals surface area (Å²) in [6.45, 7) is 4.88. The number of unbranched alkanes of at least 4 members (excludes halogenated alkanes) is 4. The number of rotatable bonds is 18. The van der Waals surface area contributed by atoms with Gasteiger partial charge in [-0.05, 0) is 69.5 Å². The number of carbonyl (C=O) groups excluding carboxylic acids is 1. The molecule has 2 aromatic carbocycles. The highest BCUT2D eigenvalue weighted by atomic mass is 16.4. The first-order valence-corrected chi connectivity index (χ1v) is 18.4. The third-order valence-electron chi connectivity index (χ3n) is 9.35. The minimum absolute atomic E-state index is 0.0245. The van der Waals surface area contributed by atoms with E-state index in [1.54, 1.807) is 0 Å². The summed E-state index contributed by atoms with van der Waals surface area (Å²) in [7, 11) is 0. The second-order valence-electron chi connectivity index (χ2n) is 13.3. The van der Waals surface area contributed by atoms with Crippen LogP contribution >= 0.6 is 0 Å². The van der Waals surface area contributed by atoms with Gasteiger partial charge in [-0.1, -0.05) is 26.2 Å². The number of benzene rings is 2. The van der Waals surface area contributed by atoms with Gasteiger partial charge in [0.05, 0.1) is 16.7 Å². The maximum Gasteiger partial charge on any atom is 0.337 e. The molecular formula is C40H39N9O11. The van der Waals surface area contributed by atoms with Crippen molar-refractivity contribution in [3.8, 4) is 23.9 Å². The van der Waals surface area contributed by atoms with E-state index in [0.717, 1.165) is 33.4 Å². The fourth-order valence-corrected chi connectivity index (χ4v) is 5.97. The van der Waals surface area contributed by atoms with Crippen molar-refractivity contribution in [2.24, 2.45) is 20.5 Å². The lowest BCUT2D eigenvalue weighted by Gasteiger charge is -2.13. The quantitative estimate of drug-likeness (QED) is 0.0462. The smallest absolute Gasteiger partial charge is 0.337 e. The van der Waals surface area contributed by atoms with Crippen LogP contribution in [0.15, 0.2) is 66.4 Å². The van der Waals surface area contributed by atoms with Crippen LogP contribution in [0.5, 0.6) is 11.8 Å². The van der Waals surface area contributed by atoms with E-state index in [-0.39, 0.29) is 86.9 Å². The molecule has 20 nitrogen and oxygen atoms in total. The second kappa shape index (κ2) is 19.9. The average Bonchev–Trinajstić information content (AvgIpc) is 3.21. The number of hydrogen-bond donors (Lipinski definition) is 6. The summed E-state index contributed by atoms with van der Waals surface area (Å²) in [6.07, 6.45) is 3.06. The summed E-state index contributed by atoms with van der Waals surface area (Å²) in [4.78, 5) is 74.6. The van der Waals surface area contributed by atoms with Crippen molar-refractivity contribution in [3.63, 3.8) is 0 Å². The van der Waals surface area contributed by atoms with Gasteiger partial charge in [0.25, 0.3) is 17.0 Å². The van der Waals surface area contributed by atoms with E-state index in [2.05, 4.69) is 25.8 Å². The molecule has 0 aliphatic carbocycles. The van der Waals surface area contributed by atoms with Gasteiger partial charge in [0.2, 0.25) is 11.8 Å². The monoisotopic (exact) mass is 821 g/mol. The Balaban J connectivity index is 1.43. The van der Waals surface area contributed by atoms with Crippen molar-refractivity contribution in [1.82, 2.24) is 14.5 Å². The molecule has 6 N–H and O–H groups in total. The topological polar surface area (TPSA) is 322 Å². The van der Waals surface area contributed by atoms with Crippen LogP contribution in [0.2, 0.25) is 0 Å². The molecule has 0 saturated heterocycles. The number of amides is 1. The number of aromatic nitrogens is 2. The predicted octanol–water partition coefficient (Wildman–Crippen LogP) is 6.50. The number of azo groups is 2. The summed E-state index contributed by atoms with van der Waals surface area (Å²) in [6, 6.07) is 10.4. The van der Waals surface area contributed by atoms with E-state index >= 15 is 0 Å². The number of aromatic carboxylic acids is 3. The van der Waals surface area contributed by atoms with Gasteiger partial charge in [-0.15, -0.1) is 20.5 Å². The van der Waals surface area contributed by atoms with Crippen LogP contribution in [-0.4, -0.2) is 65.0 Å². The third kappa shape index (κ3) is 9.92. The molecule has 0 spiro atoms. The van der Waals surface area contributed by atoms with E-state index in [9.17, 15) is 64.8 Å². The summed E-state index contributed by atoms with van der Waals surface area (Å²) in [5.41, 5.74) is -4.13. The Morgan fingerprint density at radius 2 is 1.10 bits per heavy atom.